The predicted octanol–water partition coefficient (Wildman–Crippen LogP) is 0.777. The van der Waals surface area contributed by atoms with Gasteiger partial charge < -0.3 is 15.2 Å². The number of rotatable bonds is 2. The first-order chi connectivity index (χ1) is 6.42. The molecule has 0 bridgehead atoms. The Hall–Kier alpha value is -0.120. The standard InChI is InChI=1S/C10H19NO2/c11-6-8-3-5-13-10(8)9-2-1-4-12-7-9/h8-10H,1-7,11H2. The molecule has 0 aromatic heterocycles. The van der Waals surface area contributed by atoms with Crippen LogP contribution in [0, 0.1) is 11.8 Å². The zero-order valence-corrected chi connectivity index (χ0v) is 8.08. The number of hydrogen-bond donors (Lipinski definition) is 1. The molecule has 0 aromatic carbocycles. The Morgan fingerprint density at radius 3 is 2.85 bits per heavy atom. The highest BCUT2D eigenvalue weighted by Gasteiger charge is 2.34. The van der Waals surface area contributed by atoms with Crippen LogP contribution in [0.1, 0.15) is 19.3 Å². The van der Waals surface area contributed by atoms with E-state index in [1.807, 2.05) is 0 Å². The summed E-state index contributed by atoms with van der Waals surface area (Å²) >= 11 is 0. The van der Waals surface area contributed by atoms with Crippen LogP contribution in [0.3, 0.4) is 0 Å². The van der Waals surface area contributed by atoms with Gasteiger partial charge in [-0.3, -0.25) is 0 Å². The lowest BCUT2D eigenvalue weighted by molar-refractivity contribution is -0.0327. The van der Waals surface area contributed by atoms with Crippen LogP contribution >= 0.6 is 0 Å². The Morgan fingerprint density at radius 2 is 2.15 bits per heavy atom. The highest BCUT2D eigenvalue weighted by atomic mass is 16.5. The molecular weight excluding hydrogens is 166 g/mol. The minimum Gasteiger partial charge on any atom is -0.381 e. The van der Waals surface area contributed by atoms with E-state index >= 15 is 0 Å². The minimum absolute atomic E-state index is 0.380. The van der Waals surface area contributed by atoms with Gasteiger partial charge in [-0.15, -0.1) is 0 Å². The molecule has 2 aliphatic heterocycles. The van der Waals surface area contributed by atoms with Gasteiger partial charge in [0.25, 0.3) is 0 Å². The fraction of sp³-hybridized carbons (Fsp3) is 1.00. The van der Waals surface area contributed by atoms with Crippen molar-refractivity contribution in [3.63, 3.8) is 0 Å². The summed E-state index contributed by atoms with van der Waals surface area (Å²) in [5.74, 6) is 1.18. The summed E-state index contributed by atoms with van der Waals surface area (Å²) in [6.45, 7) is 3.46. The summed E-state index contributed by atoms with van der Waals surface area (Å²) in [6.07, 6.45) is 3.95. The Labute approximate surface area is 79.6 Å². The average molecular weight is 185 g/mol. The van der Waals surface area contributed by atoms with Crippen molar-refractivity contribution in [2.45, 2.75) is 25.4 Å². The Morgan fingerprint density at radius 1 is 1.23 bits per heavy atom. The van der Waals surface area contributed by atoms with Crippen molar-refractivity contribution in [3.8, 4) is 0 Å². The molecule has 3 heteroatoms. The van der Waals surface area contributed by atoms with E-state index in [1.165, 1.54) is 12.8 Å². The van der Waals surface area contributed by atoms with Crippen molar-refractivity contribution in [2.75, 3.05) is 26.4 Å². The molecule has 0 spiro atoms. The minimum atomic E-state index is 0.380. The van der Waals surface area contributed by atoms with Crippen molar-refractivity contribution < 1.29 is 9.47 Å². The Bertz CT molecular complexity index is 157. The van der Waals surface area contributed by atoms with Crippen LogP contribution in [0.15, 0.2) is 0 Å². The van der Waals surface area contributed by atoms with Crippen molar-refractivity contribution in [1.29, 1.82) is 0 Å². The zero-order chi connectivity index (χ0) is 9.10. The van der Waals surface area contributed by atoms with Crippen LogP contribution in [-0.4, -0.2) is 32.5 Å². The molecule has 2 N–H and O–H groups in total. The van der Waals surface area contributed by atoms with Crippen molar-refractivity contribution in [2.24, 2.45) is 17.6 Å². The highest BCUT2D eigenvalue weighted by molar-refractivity contribution is 4.84. The summed E-state index contributed by atoms with van der Waals surface area (Å²) in [4.78, 5) is 0. The smallest absolute Gasteiger partial charge is 0.0666 e. The lowest BCUT2D eigenvalue weighted by atomic mass is 9.87. The molecule has 2 aliphatic rings. The molecule has 0 saturated carbocycles. The molecule has 0 amide bonds. The molecule has 3 unspecified atom stereocenters. The molecule has 3 atom stereocenters. The van der Waals surface area contributed by atoms with E-state index < -0.39 is 0 Å². The van der Waals surface area contributed by atoms with Crippen LogP contribution in [0.2, 0.25) is 0 Å². The lowest BCUT2D eigenvalue weighted by Gasteiger charge is -2.30. The Balaban J connectivity index is 1.90. The van der Waals surface area contributed by atoms with E-state index in [0.717, 1.165) is 32.8 Å². The average Bonchev–Trinajstić information content (AvgIpc) is 2.67. The fourth-order valence-electron chi connectivity index (χ4n) is 2.45. The molecular formula is C10H19NO2. The van der Waals surface area contributed by atoms with Gasteiger partial charge in [0.2, 0.25) is 0 Å². The van der Waals surface area contributed by atoms with Gasteiger partial charge in [-0.2, -0.15) is 0 Å². The summed E-state index contributed by atoms with van der Waals surface area (Å²) in [5.41, 5.74) is 5.71. The van der Waals surface area contributed by atoms with Crippen LogP contribution in [0.5, 0.6) is 0 Å². The normalized spacial score (nSPS) is 40.8. The second-order valence-electron chi connectivity index (χ2n) is 4.10. The first-order valence-electron chi connectivity index (χ1n) is 5.31. The maximum Gasteiger partial charge on any atom is 0.0666 e. The van der Waals surface area contributed by atoms with Gasteiger partial charge in [0.1, 0.15) is 0 Å². The Kier molecular flexibility index (Phi) is 3.19. The van der Waals surface area contributed by atoms with Crippen LogP contribution in [0.25, 0.3) is 0 Å². The van der Waals surface area contributed by atoms with Crippen LogP contribution in [0.4, 0.5) is 0 Å². The molecule has 0 aromatic rings. The monoisotopic (exact) mass is 185 g/mol. The molecule has 0 radical (unpaired) electrons. The van der Waals surface area contributed by atoms with Gasteiger partial charge in [0, 0.05) is 19.1 Å². The third-order valence-corrected chi connectivity index (χ3v) is 3.23. The van der Waals surface area contributed by atoms with E-state index in [1.54, 1.807) is 0 Å². The SMILES string of the molecule is NCC1CCOC1C1CCCOC1. The van der Waals surface area contributed by atoms with Crippen LogP contribution in [-0.2, 0) is 9.47 Å². The van der Waals surface area contributed by atoms with Gasteiger partial charge >= 0.3 is 0 Å². The van der Waals surface area contributed by atoms with E-state index in [9.17, 15) is 0 Å². The van der Waals surface area contributed by atoms with Gasteiger partial charge in [0.05, 0.1) is 12.7 Å². The maximum atomic E-state index is 5.74. The molecule has 2 fully saturated rings. The number of hydrogen-bond acceptors (Lipinski definition) is 3. The second-order valence-corrected chi connectivity index (χ2v) is 4.10. The molecule has 0 aliphatic carbocycles. The molecule has 3 nitrogen and oxygen atoms in total. The fourth-order valence-corrected chi connectivity index (χ4v) is 2.45. The van der Waals surface area contributed by atoms with Crippen molar-refractivity contribution in [1.82, 2.24) is 0 Å². The summed E-state index contributed by atoms with van der Waals surface area (Å²) in [5, 5.41) is 0. The van der Waals surface area contributed by atoms with Crippen LogP contribution < -0.4 is 5.73 Å². The number of nitrogens with two attached hydrogens (primary N) is 1. The van der Waals surface area contributed by atoms with Crippen molar-refractivity contribution >= 4 is 0 Å². The zero-order valence-electron chi connectivity index (χ0n) is 8.08. The predicted molar refractivity (Wildman–Crippen MR) is 50.4 cm³/mol. The first kappa shape index (κ1) is 9.44. The summed E-state index contributed by atoms with van der Waals surface area (Å²) in [7, 11) is 0. The topological polar surface area (TPSA) is 44.5 Å². The molecule has 2 rings (SSSR count). The first-order valence-corrected chi connectivity index (χ1v) is 5.31. The highest BCUT2D eigenvalue weighted by Crippen LogP contribution is 2.30. The largest absolute Gasteiger partial charge is 0.381 e. The van der Waals surface area contributed by atoms with Gasteiger partial charge in [-0.25, -0.2) is 0 Å². The maximum absolute atomic E-state index is 5.74. The summed E-state index contributed by atoms with van der Waals surface area (Å²) in [6, 6.07) is 0. The lowest BCUT2D eigenvalue weighted by Crippen LogP contribution is -2.35. The van der Waals surface area contributed by atoms with Gasteiger partial charge in [-0.1, -0.05) is 0 Å². The van der Waals surface area contributed by atoms with E-state index in [2.05, 4.69) is 0 Å². The van der Waals surface area contributed by atoms with E-state index in [0.29, 0.717) is 17.9 Å². The molecule has 76 valence electrons. The molecule has 2 saturated heterocycles. The van der Waals surface area contributed by atoms with Gasteiger partial charge in [-0.05, 0) is 31.7 Å². The quantitative estimate of drug-likeness (QED) is 0.691. The third-order valence-electron chi connectivity index (χ3n) is 3.23. The third kappa shape index (κ3) is 2.03. The van der Waals surface area contributed by atoms with Gasteiger partial charge in [0.15, 0.2) is 0 Å². The van der Waals surface area contributed by atoms with E-state index in [-0.39, 0.29) is 0 Å². The summed E-state index contributed by atoms with van der Waals surface area (Å²) < 4.78 is 11.2. The van der Waals surface area contributed by atoms with E-state index in [4.69, 9.17) is 15.2 Å². The molecule has 2 heterocycles. The molecule has 13 heavy (non-hydrogen) atoms. The number of ether oxygens (including phenoxy) is 2. The second kappa shape index (κ2) is 4.40. The van der Waals surface area contributed by atoms with Crippen molar-refractivity contribution in [3.05, 3.63) is 0 Å².